The Kier molecular flexibility index (Phi) is 6.26. The lowest BCUT2D eigenvalue weighted by atomic mass is 9.96. The number of para-hydroxylation sites is 1. The van der Waals surface area contributed by atoms with Gasteiger partial charge in [0.1, 0.15) is 17.6 Å². The summed E-state index contributed by atoms with van der Waals surface area (Å²) in [6, 6.07) is 9.08. The fraction of sp³-hybridized carbons (Fsp3) is 0.381. The topological polar surface area (TPSA) is 109 Å². The van der Waals surface area contributed by atoms with Crippen molar-refractivity contribution in [3.63, 3.8) is 0 Å². The molecule has 10 heteroatoms. The SMILES string of the molecule is CCNC(=O)C1CCN(c2nc3ncn(CC(=O)Nc4ccccc4)c(=O)c3s2)CC1. The zero-order valence-electron chi connectivity index (χ0n) is 17.2. The molecule has 1 aliphatic heterocycles. The van der Waals surface area contributed by atoms with Crippen LogP contribution < -0.4 is 21.1 Å². The highest BCUT2D eigenvalue weighted by atomic mass is 32.1. The van der Waals surface area contributed by atoms with Crippen LogP contribution in [0, 0.1) is 5.92 Å². The van der Waals surface area contributed by atoms with Gasteiger partial charge in [-0.3, -0.25) is 19.0 Å². The third kappa shape index (κ3) is 4.74. The maximum Gasteiger partial charge on any atom is 0.273 e. The summed E-state index contributed by atoms with van der Waals surface area (Å²) >= 11 is 1.28. The predicted octanol–water partition coefficient (Wildman–Crippen LogP) is 1.84. The van der Waals surface area contributed by atoms with Crippen LogP contribution in [0.1, 0.15) is 19.8 Å². The molecule has 31 heavy (non-hydrogen) atoms. The van der Waals surface area contributed by atoms with E-state index in [4.69, 9.17) is 0 Å². The molecule has 1 aromatic carbocycles. The minimum absolute atomic E-state index is 0.0176. The van der Waals surface area contributed by atoms with Crippen LogP contribution >= 0.6 is 11.3 Å². The summed E-state index contributed by atoms with van der Waals surface area (Å²) < 4.78 is 1.72. The van der Waals surface area contributed by atoms with Crippen molar-refractivity contribution in [2.45, 2.75) is 26.3 Å². The van der Waals surface area contributed by atoms with E-state index in [1.807, 2.05) is 25.1 Å². The zero-order valence-corrected chi connectivity index (χ0v) is 18.0. The highest BCUT2D eigenvalue weighted by Crippen LogP contribution is 2.29. The third-order valence-electron chi connectivity index (χ3n) is 5.23. The van der Waals surface area contributed by atoms with Gasteiger partial charge in [0.15, 0.2) is 10.8 Å². The lowest BCUT2D eigenvalue weighted by Crippen LogP contribution is -2.40. The summed E-state index contributed by atoms with van der Waals surface area (Å²) in [5.74, 6) is -0.180. The number of carbonyl (C=O) groups is 2. The van der Waals surface area contributed by atoms with E-state index < -0.39 is 0 Å². The highest BCUT2D eigenvalue weighted by Gasteiger charge is 2.26. The molecular weight excluding hydrogens is 416 g/mol. The molecule has 2 N–H and O–H groups in total. The number of hydrogen-bond donors (Lipinski definition) is 2. The molecule has 1 aliphatic rings. The lowest BCUT2D eigenvalue weighted by molar-refractivity contribution is -0.125. The molecule has 2 aromatic heterocycles. The largest absolute Gasteiger partial charge is 0.356 e. The standard InChI is InChI=1S/C21H24N6O3S/c1-2-22-19(29)14-8-10-26(11-9-14)21-25-18-17(31-21)20(30)27(13-23-18)12-16(28)24-15-6-4-3-5-7-15/h3-7,13-14H,2,8-12H2,1H3,(H,22,29)(H,24,28). The van der Waals surface area contributed by atoms with Crippen molar-refractivity contribution in [1.82, 2.24) is 19.9 Å². The molecule has 0 atom stereocenters. The molecule has 3 aromatic rings. The highest BCUT2D eigenvalue weighted by molar-refractivity contribution is 7.22. The molecule has 0 aliphatic carbocycles. The predicted molar refractivity (Wildman–Crippen MR) is 120 cm³/mol. The van der Waals surface area contributed by atoms with Gasteiger partial charge >= 0.3 is 0 Å². The van der Waals surface area contributed by atoms with Gasteiger partial charge in [-0.15, -0.1) is 0 Å². The van der Waals surface area contributed by atoms with Crippen LogP contribution in [0.25, 0.3) is 10.3 Å². The second-order valence-electron chi connectivity index (χ2n) is 7.40. The molecule has 0 saturated carbocycles. The number of piperidine rings is 1. The summed E-state index contributed by atoms with van der Waals surface area (Å²) in [6.07, 6.45) is 2.86. The fourth-order valence-corrected chi connectivity index (χ4v) is 4.63. The van der Waals surface area contributed by atoms with Gasteiger partial charge in [-0.1, -0.05) is 29.5 Å². The number of fused-ring (bicyclic) bond motifs is 1. The molecule has 0 spiro atoms. The van der Waals surface area contributed by atoms with Gasteiger partial charge in [0.25, 0.3) is 5.56 Å². The van der Waals surface area contributed by atoms with Crippen molar-refractivity contribution in [3.05, 3.63) is 47.0 Å². The Balaban J connectivity index is 1.45. The first kappa shape index (κ1) is 21.0. The van der Waals surface area contributed by atoms with E-state index in [0.717, 1.165) is 18.0 Å². The summed E-state index contributed by atoms with van der Waals surface area (Å²) in [7, 11) is 0. The van der Waals surface area contributed by atoms with Crippen LogP contribution in [0.2, 0.25) is 0 Å². The van der Waals surface area contributed by atoms with Gasteiger partial charge in [0.2, 0.25) is 11.8 Å². The van der Waals surface area contributed by atoms with Gasteiger partial charge in [-0.05, 0) is 31.9 Å². The normalized spacial score (nSPS) is 14.5. The first-order valence-electron chi connectivity index (χ1n) is 10.3. The van der Waals surface area contributed by atoms with Crippen LogP contribution in [-0.2, 0) is 16.1 Å². The molecule has 2 amide bonds. The second kappa shape index (κ2) is 9.25. The molecule has 4 rings (SSSR count). The first-order chi connectivity index (χ1) is 15.0. The van der Waals surface area contributed by atoms with E-state index in [2.05, 4.69) is 25.5 Å². The van der Waals surface area contributed by atoms with E-state index in [0.29, 0.717) is 35.7 Å². The minimum Gasteiger partial charge on any atom is -0.356 e. The number of thiazole rings is 1. The lowest BCUT2D eigenvalue weighted by Gasteiger charge is -2.30. The number of aromatic nitrogens is 3. The van der Waals surface area contributed by atoms with E-state index in [9.17, 15) is 14.4 Å². The zero-order chi connectivity index (χ0) is 21.8. The van der Waals surface area contributed by atoms with Crippen molar-refractivity contribution in [3.8, 4) is 0 Å². The maximum absolute atomic E-state index is 12.9. The first-order valence-corrected chi connectivity index (χ1v) is 11.1. The number of nitrogens with one attached hydrogen (secondary N) is 2. The van der Waals surface area contributed by atoms with Crippen LogP contribution in [0.3, 0.4) is 0 Å². The van der Waals surface area contributed by atoms with Gasteiger partial charge in [0, 0.05) is 31.2 Å². The molecule has 162 valence electrons. The van der Waals surface area contributed by atoms with Crippen molar-refractivity contribution >= 4 is 44.3 Å². The number of amides is 2. The van der Waals surface area contributed by atoms with Gasteiger partial charge in [-0.25, -0.2) is 4.98 Å². The van der Waals surface area contributed by atoms with Gasteiger partial charge in [-0.2, -0.15) is 4.98 Å². The maximum atomic E-state index is 12.9. The summed E-state index contributed by atoms with van der Waals surface area (Å²) in [6.45, 7) is 3.84. The van der Waals surface area contributed by atoms with E-state index in [1.165, 1.54) is 22.2 Å². The van der Waals surface area contributed by atoms with Crippen LogP contribution in [-0.4, -0.2) is 46.0 Å². The Morgan fingerprint density at radius 1 is 1.19 bits per heavy atom. The third-order valence-corrected chi connectivity index (χ3v) is 6.32. The smallest absolute Gasteiger partial charge is 0.273 e. The van der Waals surface area contributed by atoms with Crippen molar-refractivity contribution < 1.29 is 9.59 Å². The van der Waals surface area contributed by atoms with Crippen LogP contribution in [0.5, 0.6) is 0 Å². The summed E-state index contributed by atoms with van der Waals surface area (Å²) in [4.78, 5) is 48.1. The summed E-state index contributed by atoms with van der Waals surface area (Å²) in [5, 5.41) is 6.37. The molecular formula is C21H24N6O3S. The Labute approximate surface area is 183 Å². The number of rotatable bonds is 6. The Morgan fingerprint density at radius 2 is 1.94 bits per heavy atom. The molecule has 3 heterocycles. The van der Waals surface area contributed by atoms with Gasteiger partial charge in [0.05, 0.1) is 0 Å². The van der Waals surface area contributed by atoms with Crippen LogP contribution in [0.4, 0.5) is 10.8 Å². The Hall–Kier alpha value is -3.27. The molecule has 0 unspecified atom stereocenters. The number of anilines is 2. The number of carbonyl (C=O) groups excluding carboxylic acids is 2. The van der Waals surface area contributed by atoms with Crippen molar-refractivity contribution in [2.75, 3.05) is 29.9 Å². The van der Waals surface area contributed by atoms with Crippen molar-refractivity contribution in [2.24, 2.45) is 5.92 Å². The average Bonchev–Trinajstić information content (AvgIpc) is 3.22. The number of nitrogens with zero attached hydrogens (tertiary/aromatic N) is 4. The summed E-state index contributed by atoms with van der Waals surface area (Å²) in [5.41, 5.74) is 0.774. The molecule has 1 saturated heterocycles. The monoisotopic (exact) mass is 440 g/mol. The van der Waals surface area contributed by atoms with Crippen molar-refractivity contribution in [1.29, 1.82) is 0 Å². The quantitative estimate of drug-likeness (QED) is 0.605. The molecule has 0 radical (unpaired) electrons. The second-order valence-corrected chi connectivity index (χ2v) is 8.37. The average molecular weight is 441 g/mol. The Morgan fingerprint density at radius 3 is 2.65 bits per heavy atom. The molecule has 9 nitrogen and oxygen atoms in total. The van der Waals surface area contributed by atoms with E-state index in [-0.39, 0.29) is 29.8 Å². The van der Waals surface area contributed by atoms with Crippen LogP contribution in [0.15, 0.2) is 41.5 Å². The van der Waals surface area contributed by atoms with Gasteiger partial charge < -0.3 is 15.5 Å². The van der Waals surface area contributed by atoms with E-state index in [1.54, 1.807) is 12.1 Å². The molecule has 1 fully saturated rings. The molecule has 0 bridgehead atoms. The minimum atomic E-state index is -0.299. The number of benzene rings is 1. The fourth-order valence-electron chi connectivity index (χ4n) is 3.61. The Bertz CT molecular complexity index is 1130. The van der Waals surface area contributed by atoms with E-state index >= 15 is 0 Å². The number of hydrogen-bond acceptors (Lipinski definition) is 7.